The quantitative estimate of drug-likeness (QED) is 0.700. The van der Waals surface area contributed by atoms with Gasteiger partial charge in [-0.3, -0.25) is 9.69 Å². The number of carbonyl (C=O) groups excluding carboxylic acids is 1. The number of amides is 1. The van der Waals surface area contributed by atoms with Crippen LogP contribution in [0.15, 0.2) is 0 Å². The summed E-state index contributed by atoms with van der Waals surface area (Å²) in [6.07, 6.45) is 5.08. The van der Waals surface area contributed by atoms with E-state index in [9.17, 15) is 4.79 Å². The molecule has 0 radical (unpaired) electrons. The fourth-order valence-corrected chi connectivity index (χ4v) is 3.64. The lowest BCUT2D eigenvalue weighted by Gasteiger charge is -2.22. The number of hydrogen-bond donors (Lipinski definition) is 2. The van der Waals surface area contributed by atoms with Crippen molar-refractivity contribution in [3.8, 4) is 0 Å². The van der Waals surface area contributed by atoms with Crippen LogP contribution in [0.2, 0.25) is 0 Å². The average Bonchev–Trinajstić information content (AvgIpc) is 3.27. The van der Waals surface area contributed by atoms with Crippen LogP contribution in [0, 0.1) is 0 Å². The largest absolute Gasteiger partial charge is 0.354 e. The molecule has 0 aromatic rings. The predicted octanol–water partition coefficient (Wildman–Crippen LogP) is 1.07. The molecule has 0 spiro atoms. The highest BCUT2D eigenvalue weighted by molar-refractivity contribution is 8.00. The fourth-order valence-electron chi connectivity index (χ4n) is 2.58. The third-order valence-electron chi connectivity index (χ3n) is 3.93. The number of likely N-dealkylation sites (N-methyl/N-ethyl adjacent to an activating group) is 1. The standard InChI is InChI=1S/C14H27N3OS/c1-2-17(12-3-4-12)10-9-16-14(18)11-19-13-5-7-15-8-6-13/h12-13,15H,2-11H2,1H3,(H,16,18). The summed E-state index contributed by atoms with van der Waals surface area (Å²) in [5.74, 6) is 0.829. The fraction of sp³-hybridized carbons (Fsp3) is 0.929. The monoisotopic (exact) mass is 285 g/mol. The van der Waals surface area contributed by atoms with Crippen molar-refractivity contribution in [2.24, 2.45) is 0 Å². The molecule has 1 saturated carbocycles. The van der Waals surface area contributed by atoms with Crippen molar-refractivity contribution in [3.63, 3.8) is 0 Å². The molecular formula is C14H27N3OS. The first kappa shape index (κ1) is 15.1. The van der Waals surface area contributed by atoms with Gasteiger partial charge in [-0.2, -0.15) is 0 Å². The summed E-state index contributed by atoms with van der Waals surface area (Å²) in [6, 6.07) is 0.797. The number of carbonyl (C=O) groups is 1. The molecule has 0 aromatic carbocycles. The van der Waals surface area contributed by atoms with Gasteiger partial charge < -0.3 is 10.6 Å². The molecule has 19 heavy (non-hydrogen) atoms. The SMILES string of the molecule is CCN(CCNC(=O)CSC1CCNCC1)C1CC1. The van der Waals surface area contributed by atoms with E-state index in [0.29, 0.717) is 11.0 Å². The van der Waals surface area contributed by atoms with E-state index in [1.54, 1.807) is 0 Å². The van der Waals surface area contributed by atoms with E-state index >= 15 is 0 Å². The van der Waals surface area contributed by atoms with Gasteiger partial charge in [0.05, 0.1) is 5.75 Å². The normalized spacial score (nSPS) is 20.7. The first-order valence-corrected chi connectivity index (χ1v) is 8.67. The molecule has 4 nitrogen and oxygen atoms in total. The van der Waals surface area contributed by atoms with E-state index in [4.69, 9.17) is 0 Å². The van der Waals surface area contributed by atoms with Gasteiger partial charge in [0.25, 0.3) is 0 Å². The van der Waals surface area contributed by atoms with Crippen molar-refractivity contribution in [1.82, 2.24) is 15.5 Å². The number of hydrogen-bond acceptors (Lipinski definition) is 4. The van der Waals surface area contributed by atoms with Gasteiger partial charge in [-0.25, -0.2) is 0 Å². The molecule has 1 heterocycles. The minimum atomic E-state index is 0.204. The van der Waals surface area contributed by atoms with Crippen LogP contribution in [-0.4, -0.2) is 60.6 Å². The molecule has 0 atom stereocenters. The molecule has 2 fully saturated rings. The zero-order valence-electron chi connectivity index (χ0n) is 12.0. The van der Waals surface area contributed by atoms with Crippen LogP contribution in [-0.2, 0) is 4.79 Å². The van der Waals surface area contributed by atoms with Crippen molar-refractivity contribution >= 4 is 17.7 Å². The van der Waals surface area contributed by atoms with Crippen LogP contribution in [0.4, 0.5) is 0 Å². The molecule has 2 aliphatic rings. The number of nitrogens with zero attached hydrogens (tertiary/aromatic N) is 1. The summed E-state index contributed by atoms with van der Waals surface area (Å²) in [4.78, 5) is 14.2. The average molecular weight is 285 g/mol. The molecule has 2 rings (SSSR count). The Morgan fingerprint density at radius 3 is 2.68 bits per heavy atom. The molecule has 1 aliphatic heterocycles. The van der Waals surface area contributed by atoms with Gasteiger partial charge in [0.1, 0.15) is 0 Å². The number of rotatable bonds is 8. The van der Waals surface area contributed by atoms with Gasteiger partial charge >= 0.3 is 0 Å². The molecule has 110 valence electrons. The molecule has 0 aromatic heterocycles. The Labute approximate surface area is 121 Å². The Balaban J connectivity index is 1.51. The second-order valence-electron chi connectivity index (χ2n) is 5.47. The number of piperidine rings is 1. The molecular weight excluding hydrogens is 258 g/mol. The van der Waals surface area contributed by atoms with E-state index < -0.39 is 0 Å². The smallest absolute Gasteiger partial charge is 0.230 e. The topological polar surface area (TPSA) is 44.4 Å². The van der Waals surface area contributed by atoms with Gasteiger partial charge in [-0.05, 0) is 45.3 Å². The van der Waals surface area contributed by atoms with Crippen molar-refractivity contribution in [2.45, 2.75) is 43.9 Å². The molecule has 2 N–H and O–H groups in total. The summed E-state index contributed by atoms with van der Waals surface area (Å²) in [5.41, 5.74) is 0. The Morgan fingerprint density at radius 1 is 1.32 bits per heavy atom. The highest BCUT2D eigenvalue weighted by Crippen LogP contribution is 2.25. The number of nitrogens with one attached hydrogen (secondary N) is 2. The molecule has 1 saturated heterocycles. The Bertz CT molecular complexity index is 278. The van der Waals surface area contributed by atoms with Crippen LogP contribution in [0.1, 0.15) is 32.6 Å². The van der Waals surface area contributed by atoms with Crippen molar-refractivity contribution < 1.29 is 4.79 Å². The lowest BCUT2D eigenvalue weighted by Crippen LogP contribution is -2.37. The second kappa shape index (κ2) is 8.12. The van der Waals surface area contributed by atoms with Gasteiger partial charge in [-0.15, -0.1) is 11.8 Å². The zero-order valence-corrected chi connectivity index (χ0v) is 12.8. The summed E-state index contributed by atoms with van der Waals surface area (Å²) < 4.78 is 0. The summed E-state index contributed by atoms with van der Waals surface area (Å²) in [7, 11) is 0. The maximum Gasteiger partial charge on any atom is 0.230 e. The minimum Gasteiger partial charge on any atom is -0.354 e. The van der Waals surface area contributed by atoms with Gasteiger partial charge in [0, 0.05) is 24.4 Å². The van der Waals surface area contributed by atoms with Crippen LogP contribution < -0.4 is 10.6 Å². The predicted molar refractivity (Wildman–Crippen MR) is 81.6 cm³/mol. The second-order valence-corrected chi connectivity index (χ2v) is 6.76. The van der Waals surface area contributed by atoms with E-state index in [1.165, 1.54) is 25.7 Å². The Kier molecular flexibility index (Phi) is 6.47. The maximum atomic E-state index is 11.8. The van der Waals surface area contributed by atoms with Crippen LogP contribution in [0.25, 0.3) is 0 Å². The first-order valence-electron chi connectivity index (χ1n) is 7.62. The molecule has 5 heteroatoms. The lowest BCUT2D eigenvalue weighted by molar-refractivity contribution is -0.118. The van der Waals surface area contributed by atoms with Crippen LogP contribution in [0.5, 0.6) is 0 Å². The van der Waals surface area contributed by atoms with E-state index in [2.05, 4.69) is 22.5 Å². The van der Waals surface area contributed by atoms with E-state index in [-0.39, 0.29) is 5.91 Å². The van der Waals surface area contributed by atoms with E-state index in [1.807, 2.05) is 11.8 Å². The third kappa shape index (κ3) is 5.71. The molecule has 0 bridgehead atoms. The van der Waals surface area contributed by atoms with Crippen molar-refractivity contribution in [2.75, 3.05) is 38.5 Å². The van der Waals surface area contributed by atoms with Crippen LogP contribution in [0.3, 0.4) is 0 Å². The molecule has 1 amide bonds. The first-order chi connectivity index (χ1) is 9.29. The highest BCUT2D eigenvalue weighted by atomic mass is 32.2. The summed E-state index contributed by atoms with van der Waals surface area (Å²) in [5, 5.41) is 7.08. The van der Waals surface area contributed by atoms with Crippen molar-refractivity contribution in [1.29, 1.82) is 0 Å². The Morgan fingerprint density at radius 2 is 2.05 bits per heavy atom. The maximum absolute atomic E-state index is 11.8. The van der Waals surface area contributed by atoms with Gasteiger partial charge in [0.15, 0.2) is 0 Å². The lowest BCUT2D eigenvalue weighted by atomic mass is 10.2. The minimum absolute atomic E-state index is 0.204. The molecule has 0 unspecified atom stereocenters. The van der Waals surface area contributed by atoms with Crippen LogP contribution >= 0.6 is 11.8 Å². The summed E-state index contributed by atoms with van der Waals surface area (Å²) in [6.45, 7) is 7.32. The third-order valence-corrected chi connectivity index (χ3v) is 5.30. The van der Waals surface area contributed by atoms with E-state index in [0.717, 1.165) is 38.8 Å². The molecule has 1 aliphatic carbocycles. The highest BCUT2D eigenvalue weighted by Gasteiger charge is 2.27. The number of thioether (sulfide) groups is 1. The summed E-state index contributed by atoms with van der Waals surface area (Å²) >= 11 is 1.82. The van der Waals surface area contributed by atoms with Crippen molar-refractivity contribution in [3.05, 3.63) is 0 Å². The van der Waals surface area contributed by atoms with Gasteiger partial charge in [-0.1, -0.05) is 6.92 Å². The Hall–Kier alpha value is -0.260. The zero-order chi connectivity index (χ0) is 13.5. The van der Waals surface area contributed by atoms with Gasteiger partial charge in [0.2, 0.25) is 5.91 Å².